The smallest absolute Gasteiger partial charge is 0.178 e. The van der Waals surface area contributed by atoms with Gasteiger partial charge in [-0.05, 0) is 55.5 Å². The van der Waals surface area contributed by atoms with Gasteiger partial charge in [0.15, 0.2) is 5.78 Å². The van der Waals surface area contributed by atoms with Crippen molar-refractivity contribution in [2.45, 2.75) is 6.92 Å². The van der Waals surface area contributed by atoms with Gasteiger partial charge in [-0.2, -0.15) is 0 Å². The molecule has 0 radical (unpaired) electrons. The molecule has 0 aliphatic carbocycles. The van der Waals surface area contributed by atoms with E-state index in [1.807, 2.05) is 49.4 Å². The van der Waals surface area contributed by atoms with Gasteiger partial charge >= 0.3 is 0 Å². The van der Waals surface area contributed by atoms with Crippen LogP contribution in [0.1, 0.15) is 16.3 Å². The molecule has 3 heterocycles. The van der Waals surface area contributed by atoms with E-state index in [1.165, 1.54) is 6.08 Å². The Morgan fingerprint density at radius 1 is 1.00 bits per heavy atom. The number of rotatable bonds is 6. The van der Waals surface area contributed by atoms with E-state index in [-0.39, 0.29) is 5.78 Å². The van der Waals surface area contributed by atoms with Gasteiger partial charge in [-0.25, -0.2) is 4.98 Å². The molecule has 0 aliphatic heterocycles. The fourth-order valence-corrected chi connectivity index (χ4v) is 3.15. The highest BCUT2D eigenvalue weighted by Gasteiger charge is 2.07. The lowest BCUT2D eigenvalue weighted by molar-refractivity contribution is -0.110. The molecule has 0 amide bonds. The number of ketones is 1. The van der Waals surface area contributed by atoms with E-state index in [2.05, 4.69) is 15.0 Å². The van der Waals surface area contributed by atoms with Crippen LogP contribution in [0.2, 0.25) is 0 Å². The highest BCUT2D eigenvalue weighted by molar-refractivity contribution is 7.16. The highest BCUT2D eigenvalue weighted by atomic mass is 32.1. The van der Waals surface area contributed by atoms with Crippen LogP contribution in [0.25, 0.3) is 22.7 Å². The minimum atomic E-state index is -0.0751. The third-order valence-electron chi connectivity index (χ3n) is 3.49. The second kappa shape index (κ2) is 8.78. The van der Waals surface area contributed by atoms with Gasteiger partial charge in [0, 0.05) is 24.2 Å². The summed E-state index contributed by atoms with van der Waals surface area (Å²) < 4.78 is 0. The van der Waals surface area contributed by atoms with Gasteiger partial charge in [0.2, 0.25) is 0 Å². The van der Waals surface area contributed by atoms with Crippen molar-refractivity contribution in [1.29, 1.82) is 0 Å². The number of nitrogens with zero attached hydrogens (tertiary/aromatic N) is 3. The van der Waals surface area contributed by atoms with Crippen LogP contribution in [-0.4, -0.2) is 20.7 Å². The second-order valence-corrected chi connectivity index (χ2v) is 6.44. The molecule has 3 aromatic heterocycles. The van der Waals surface area contributed by atoms with Crippen LogP contribution >= 0.6 is 11.3 Å². The maximum Gasteiger partial charge on any atom is 0.178 e. The topological polar surface area (TPSA) is 55.7 Å². The quantitative estimate of drug-likeness (QED) is 0.470. The Morgan fingerprint density at radius 2 is 1.85 bits per heavy atom. The molecule has 0 saturated carbocycles. The lowest BCUT2D eigenvalue weighted by Crippen LogP contribution is -1.84. The van der Waals surface area contributed by atoms with Crippen LogP contribution in [0.4, 0.5) is 0 Å². The third kappa shape index (κ3) is 4.91. The van der Waals surface area contributed by atoms with Crippen molar-refractivity contribution in [3.05, 3.63) is 89.5 Å². The van der Waals surface area contributed by atoms with E-state index in [1.54, 1.807) is 48.2 Å². The zero-order valence-electron chi connectivity index (χ0n) is 14.2. The van der Waals surface area contributed by atoms with Crippen LogP contribution in [0.15, 0.2) is 73.2 Å². The summed E-state index contributed by atoms with van der Waals surface area (Å²) >= 11 is 1.56. The van der Waals surface area contributed by atoms with Gasteiger partial charge in [-0.3, -0.25) is 14.8 Å². The predicted octanol–water partition coefficient (Wildman–Crippen LogP) is 4.76. The summed E-state index contributed by atoms with van der Waals surface area (Å²) in [5, 5.41) is 0.922. The summed E-state index contributed by atoms with van der Waals surface area (Å²) in [6.45, 7) is 1.94. The molecule has 3 aromatic rings. The first-order valence-electron chi connectivity index (χ1n) is 8.08. The van der Waals surface area contributed by atoms with Crippen molar-refractivity contribution >= 4 is 29.3 Å². The molecule has 0 atom stereocenters. The first-order valence-corrected chi connectivity index (χ1v) is 8.90. The molecule has 0 unspecified atom stereocenters. The van der Waals surface area contributed by atoms with Gasteiger partial charge < -0.3 is 0 Å². The second-order valence-electron chi connectivity index (χ2n) is 5.41. The standard InChI is InChI=1S/C21H17N3OS/c1-16-20(26-21(24-16)17-11-14-22-15-12-17)10-9-19(25)8-3-2-6-18-7-4-5-13-23-18/h2-15H,1H3/b6-2+,8-3+,10-9+. The van der Waals surface area contributed by atoms with Crippen molar-refractivity contribution in [3.8, 4) is 10.6 Å². The van der Waals surface area contributed by atoms with Gasteiger partial charge in [0.1, 0.15) is 5.01 Å². The Labute approximate surface area is 156 Å². The molecule has 0 N–H and O–H groups in total. The Kier molecular flexibility index (Phi) is 5.96. The number of aryl methyl sites for hydroxylation is 1. The van der Waals surface area contributed by atoms with Gasteiger partial charge in [0.05, 0.1) is 16.3 Å². The van der Waals surface area contributed by atoms with Crippen LogP contribution in [0.5, 0.6) is 0 Å². The number of pyridine rings is 2. The number of carbonyl (C=O) groups excluding carboxylic acids is 1. The fraction of sp³-hybridized carbons (Fsp3) is 0.0476. The molecule has 0 saturated heterocycles. The fourth-order valence-electron chi connectivity index (χ4n) is 2.17. The normalized spacial score (nSPS) is 11.7. The van der Waals surface area contributed by atoms with E-state index < -0.39 is 0 Å². The minimum absolute atomic E-state index is 0.0751. The van der Waals surface area contributed by atoms with Gasteiger partial charge in [-0.1, -0.05) is 18.2 Å². The van der Waals surface area contributed by atoms with Crippen LogP contribution in [0.3, 0.4) is 0 Å². The average molecular weight is 359 g/mol. The molecule has 0 fully saturated rings. The Hall–Kier alpha value is -3.18. The summed E-state index contributed by atoms with van der Waals surface area (Å²) in [5.74, 6) is -0.0751. The Morgan fingerprint density at radius 3 is 2.62 bits per heavy atom. The van der Waals surface area contributed by atoms with E-state index in [9.17, 15) is 4.79 Å². The SMILES string of the molecule is Cc1nc(-c2ccncc2)sc1/C=C/C(=O)/C=C/C=C/c1ccccn1. The summed E-state index contributed by atoms with van der Waals surface area (Å²) in [6.07, 6.45) is 15.5. The van der Waals surface area contributed by atoms with Crippen molar-refractivity contribution in [2.24, 2.45) is 0 Å². The molecular formula is C21H17N3OS. The van der Waals surface area contributed by atoms with Gasteiger partial charge in [-0.15, -0.1) is 11.3 Å². The summed E-state index contributed by atoms with van der Waals surface area (Å²) in [5.41, 5.74) is 2.78. The summed E-state index contributed by atoms with van der Waals surface area (Å²) in [6, 6.07) is 9.53. The lowest BCUT2D eigenvalue weighted by Gasteiger charge is -1.92. The van der Waals surface area contributed by atoms with E-state index >= 15 is 0 Å². The average Bonchev–Trinajstić information content (AvgIpc) is 3.06. The summed E-state index contributed by atoms with van der Waals surface area (Å²) in [7, 11) is 0. The minimum Gasteiger partial charge on any atom is -0.290 e. The predicted molar refractivity (Wildman–Crippen MR) is 107 cm³/mol. The molecule has 4 nitrogen and oxygen atoms in total. The zero-order chi connectivity index (χ0) is 18.2. The molecule has 0 spiro atoms. The number of hydrogen-bond donors (Lipinski definition) is 0. The molecule has 5 heteroatoms. The molecular weight excluding hydrogens is 342 g/mol. The zero-order valence-corrected chi connectivity index (χ0v) is 15.1. The van der Waals surface area contributed by atoms with E-state index in [0.717, 1.165) is 26.8 Å². The summed E-state index contributed by atoms with van der Waals surface area (Å²) in [4.78, 5) is 25.7. The van der Waals surface area contributed by atoms with Crippen LogP contribution < -0.4 is 0 Å². The number of thiazole rings is 1. The maximum absolute atomic E-state index is 12.0. The van der Waals surface area contributed by atoms with Crippen LogP contribution in [0, 0.1) is 6.92 Å². The molecule has 0 aromatic carbocycles. The highest BCUT2D eigenvalue weighted by Crippen LogP contribution is 2.28. The van der Waals surface area contributed by atoms with Crippen molar-refractivity contribution in [3.63, 3.8) is 0 Å². The molecule has 3 rings (SSSR count). The van der Waals surface area contributed by atoms with Crippen molar-refractivity contribution in [2.75, 3.05) is 0 Å². The largest absolute Gasteiger partial charge is 0.290 e. The van der Waals surface area contributed by atoms with Crippen LogP contribution in [-0.2, 0) is 4.79 Å². The Bertz CT molecular complexity index is 957. The number of allylic oxidation sites excluding steroid dienone is 4. The molecule has 0 bridgehead atoms. The Balaban J connectivity index is 1.62. The monoisotopic (exact) mass is 359 g/mol. The third-order valence-corrected chi connectivity index (χ3v) is 4.66. The number of aromatic nitrogens is 3. The lowest BCUT2D eigenvalue weighted by atomic mass is 10.2. The number of carbonyl (C=O) groups is 1. The molecule has 0 aliphatic rings. The van der Waals surface area contributed by atoms with Crippen molar-refractivity contribution in [1.82, 2.24) is 15.0 Å². The van der Waals surface area contributed by atoms with Gasteiger partial charge in [0.25, 0.3) is 0 Å². The van der Waals surface area contributed by atoms with E-state index in [4.69, 9.17) is 0 Å². The molecule has 26 heavy (non-hydrogen) atoms. The molecule has 128 valence electrons. The van der Waals surface area contributed by atoms with E-state index in [0.29, 0.717) is 0 Å². The first-order chi connectivity index (χ1) is 12.7. The number of hydrogen-bond acceptors (Lipinski definition) is 5. The van der Waals surface area contributed by atoms with Crippen molar-refractivity contribution < 1.29 is 4.79 Å². The maximum atomic E-state index is 12.0. The first kappa shape index (κ1) is 17.6.